The highest BCUT2D eigenvalue weighted by molar-refractivity contribution is 8.13. The van der Waals surface area contributed by atoms with Crippen molar-refractivity contribution in [3.05, 3.63) is 18.2 Å². The minimum Gasteiger partial charge on any atom is -0.302 e. The van der Waals surface area contributed by atoms with E-state index in [-0.39, 0.29) is 5.91 Å². The minimum atomic E-state index is -0.148. The summed E-state index contributed by atoms with van der Waals surface area (Å²) in [7, 11) is 0. The number of fused-ring (bicyclic) bond motifs is 1. The lowest BCUT2D eigenvalue weighted by Gasteiger charge is -1.99. The fourth-order valence-corrected chi connectivity index (χ4v) is 2.77. The molecule has 2 aromatic rings. The van der Waals surface area contributed by atoms with E-state index in [9.17, 15) is 4.79 Å². The zero-order chi connectivity index (χ0) is 14.5. The maximum Gasteiger partial charge on any atom is 0.223 e. The van der Waals surface area contributed by atoms with E-state index < -0.39 is 0 Å². The Morgan fingerprint density at radius 2 is 2.35 bits per heavy atom. The number of hydrogen-bond donors (Lipinski definition) is 2. The zero-order valence-electron chi connectivity index (χ0n) is 10.8. The molecule has 2 rings (SSSR count). The number of benzene rings is 1. The highest BCUT2D eigenvalue weighted by Gasteiger charge is 2.06. The van der Waals surface area contributed by atoms with E-state index in [2.05, 4.69) is 20.6 Å². The number of anilines is 1. The molecule has 0 unspecified atom stereocenters. The second-order valence-electron chi connectivity index (χ2n) is 3.71. The molecule has 0 aliphatic heterocycles. The lowest BCUT2D eigenvalue weighted by molar-refractivity contribution is -0.114. The topological polar surface area (TPSA) is 90.2 Å². The molecule has 0 bridgehead atoms. The number of aliphatic imine (C=N–C) groups is 1. The molecule has 0 fully saturated rings. The maximum absolute atomic E-state index is 11.0. The van der Waals surface area contributed by atoms with Crippen molar-refractivity contribution in [2.75, 3.05) is 11.6 Å². The Hall–Kier alpha value is -2.11. The third-order valence-electron chi connectivity index (χ3n) is 2.24. The largest absolute Gasteiger partial charge is 0.302 e. The van der Waals surface area contributed by atoms with Gasteiger partial charge in [0.25, 0.3) is 0 Å². The number of nitrogens with zero attached hydrogens (tertiary/aromatic N) is 3. The van der Waals surface area contributed by atoms with Crippen LogP contribution in [0.25, 0.3) is 10.2 Å². The van der Waals surface area contributed by atoms with Crippen molar-refractivity contribution < 1.29 is 4.79 Å². The first-order chi connectivity index (χ1) is 9.62. The van der Waals surface area contributed by atoms with Crippen LogP contribution in [0, 0.1) is 11.5 Å². The normalized spacial score (nSPS) is 11.2. The number of rotatable bonds is 2. The second kappa shape index (κ2) is 6.36. The Kier molecular flexibility index (Phi) is 4.55. The van der Waals surface area contributed by atoms with Crippen LogP contribution in [0.5, 0.6) is 0 Å². The van der Waals surface area contributed by atoms with Gasteiger partial charge >= 0.3 is 0 Å². The number of hydrogen-bond acceptors (Lipinski definition) is 6. The summed E-state index contributed by atoms with van der Waals surface area (Å²) in [6, 6.07) is 5.52. The summed E-state index contributed by atoms with van der Waals surface area (Å²) in [5, 5.41) is 14.9. The first-order valence-corrected chi connectivity index (χ1v) is 7.62. The molecule has 0 radical (unpaired) electrons. The van der Waals surface area contributed by atoms with Crippen molar-refractivity contribution in [3.63, 3.8) is 0 Å². The first-order valence-electron chi connectivity index (χ1n) is 5.58. The molecule has 1 aromatic carbocycles. The van der Waals surface area contributed by atoms with Crippen LogP contribution < -0.4 is 10.6 Å². The molecule has 2 N–H and O–H groups in total. The molecule has 0 saturated carbocycles. The van der Waals surface area contributed by atoms with Gasteiger partial charge in [0.1, 0.15) is 0 Å². The van der Waals surface area contributed by atoms with Gasteiger partial charge in [-0.1, -0.05) is 23.1 Å². The number of thioether (sulfide) groups is 1. The average Bonchev–Trinajstić information content (AvgIpc) is 2.78. The standard InChI is InChI=1S/C12H11N5OS2/c1-7(18)15-12-17-9-4-3-8(5-10(9)20-12)16-11(19-2)14-6-13/h3-5H,1-2H3,(H,14,16)(H,15,17,18). The van der Waals surface area contributed by atoms with Gasteiger partial charge in [0.2, 0.25) is 5.91 Å². The number of nitriles is 1. The predicted molar refractivity (Wildman–Crippen MR) is 83.3 cm³/mol. The Morgan fingerprint density at radius 1 is 1.55 bits per heavy atom. The van der Waals surface area contributed by atoms with E-state index in [1.54, 1.807) is 0 Å². The highest BCUT2D eigenvalue weighted by atomic mass is 32.2. The molecule has 1 heterocycles. The lowest BCUT2D eigenvalue weighted by atomic mass is 10.3. The molecular weight excluding hydrogens is 294 g/mol. The quantitative estimate of drug-likeness (QED) is 0.385. The van der Waals surface area contributed by atoms with Crippen molar-refractivity contribution >= 4 is 55.2 Å². The number of nitrogens with one attached hydrogen (secondary N) is 2. The SMILES string of the molecule is CSC(=Nc1ccc2nc(NC(C)=O)sc2c1)NC#N. The van der Waals surface area contributed by atoms with Gasteiger partial charge in [-0.25, -0.2) is 9.98 Å². The molecule has 6 nitrogen and oxygen atoms in total. The summed E-state index contributed by atoms with van der Waals surface area (Å²) >= 11 is 2.74. The van der Waals surface area contributed by atoms with Crippen LogP contribution in [0.3, 0.4) is 0 Å². The molecular formula is C12H11N5OS2. The van der Waals surface area contributed by atoms with Crippen LogP contribution in [0.2, 0.25) is 0 Å². The van der Waals surface area contributed by atoms with Gasteiger partial charge in [-0.05, 0) is 24.5 Å². The van der Waals surface area contributed by atoms with Gasteiger partial charge in [0.15, 0.2) is 16.5 Å². The van der Waals surface area contributed by atoms with E-state index in [1.807, 2.05) is 30.6 Å². The van der Waals surface area contributed by atoms with Crippen molar-refractivity contribution in [3.8, 4) is 6.19 Å². The van der Waals surface area contributed by atoms with Crippen LogP contribution in [0.15, 0.2) is 23.2 Å². The van der Waals surface area contributed by atoms with Crippen LogP contribution in [0.4, 0.5) is 10.8 Å². The Balaban J connectivity index is 2.33. The Labute approximate surface area is 123 Å². The van der Waals surface area contributed by atoms with Crippen molar-refractivity contribution in [2.24, 2.45) is 4.99 Å². The number of carbonyl (C=O) groups is 1. The summed E-state index contributed by atoms with van der Waals surface area (Å²) in [5.74, 6) is -0.148. The minimum absolute atomic E-state index is 0.148. The van der Waals surface area contributed by atoms with Crippen LogP contribution in [0.1, 0.15) is 6.92 Å². The Bertz CT molecular complexity index is 716. The Morgan fingerprint density at radius 3 is 3.00 bits per heavy atom. The number of aromatic nitrogens is 1. The lowest BCUT2D eigenvalue weighted by Crippen LogP contribution is -2.12. The molecule has 0 aliphatic rings. The number of thiazole rings is 1. The summed E-state index contributed by atoms with van der Waals surface area (Å²) in [4.78, 5) is 19.6. The fraction of sp³-hybridized carbons (Fsp3) is 0.167. The van der Waals surface area contributed by atoms with Gasteiger partial charge in [-0.3, -0.25) is 10.1 Å². The predicted octanol–water partition coefficient (Wildman–Crippen LogP) is 2.68. The van der Waals surface area contributed by atoms with E-state index in [4.69, 9.17) is 5.26 Å². The van der Waals surface area contributed by atoms with Crippen LogP contribution >= 0.6 is 23.1 Å². The number of amidine groups is 1. The van der Waals surface area contributed by atoms with Crippen molar-refractivity contribution in [1.29, 1.82) is 5.26 Å². The summed E-state index contributed by atoms with van der Waals surface area (Å²) in [6.07, 6.45) is 3.68. The molecule has 8 heteroatoms. The molecule has 0 atom stereocenters. The highest BCUT2D eigenvalue weighted by Crippen LogP contribution is 2.29. The molecule has 0 spiro atoms. The van der Waals surface area contributed by atoms with Crippen LogP contribution in [-0.2, 0) is 4.79 Å². The molecule has 0 saturated heterocycles. The zero-order valence-corrected chi connectivity index (χ0v) is 12.4. The molecule has 1 amide bonds. The number of amides is 1. The van der Waals surface area contributed by atoms with Gasteiger partial charge in [0, 0.05) is 6.92 Å². The third-order valence-corrected chi connectivity index (χ3v) is 3.76. The number of carbonyl (C=O) groups excluding carboxylic acids is 1. The van der Waals surface area contributed by atoms with E-state index in [0.29, 0.717) is 10.3 Å². The average molecular weight is 305 g/mol. The van der Waals surface area contributed by atoms with Crippen molar-refractivity contribution in [1.82, 2.24) is 10.3 Å². The summed E-state index contributed by atoms with van der Waals surface area (Å²) in [6.45, 7) is 1.44. The third kappa shape index (κ3) is 3.46. The second-order valence-corrected chi connectivity index (χ2v) is 5.54. The van der Waals surface area contributed by atoms with E-state index in [1.165, 1.54) is 30.0 Å². The fourth-order valence-electron chi connectivity index (χ4n) is 1.48. The smallest absolute Gasteiger partial charge is 0.223 e. The van der Waals surface area contributed by atoms with Crippen LogP contribution in [-0.4, -0.2) is 22.3 Å². The van der Waals surface area contributed by atoms with Gasteiger partial charge in [0.05, 0.1) is 15.9 Å². The van der Waals surface area contributed by atoms with Gasteiger partial charge in [-0.15, -0.1) is 0 Å². The van der Waals surface area contributed by atoms with E-state index >= 15 is 0 Å². The summed E-state index contributed by atoms with van der Waals surface area (Å²) in [5.41, 5.74) is 1.53. The van der Waals surface area contributed by atoms with Gasteiger partial charge < -0.3 is 5.32 Å². The first kappa shape index (κ1) is 14.3. The summed E-state index contributed by atoms with van der Waals surface area (Å²) < 4.78 is 0.924. The van der Waals surface area contributed by atoms with E-state index in [0.717, 1.165) is 15.9 Å². The molecule has 20 heavy (non-hydrogen) atoms. The molecule has 102 valence electrons. The van der Waals surface area contributed by atoms with Crippen molar-refractivity contribution in [2.45, 2.75) is 6.92 Å². The molecule has 1 aromatic heterocycles. The van der Waals surface area contributed by atoms with Gasteiger partial charge in [-0.2, -0.15) is 5.26 Å². The monoisotopic (exact) mass is 305 g/mol. The molecule has 0 aliphatic carbocycles. The maximum atomic E-state index is 11.0.